The van der Waals surface area contributed by atoms with Gasteiger partial charge in [0, 0.05) is 12.4 Å². The molecule has 0 aliphatic heterocycles. The van der Waals surface area contributed by atoms with Crippen LogP contribution in [0.4, 0.5) is 14.5 Å². The second-order valence-electron chi connectivity index (χ2n) is 3.34. The lowest BCUT2D eigenvalue weighted by Gasteiger charge is -2.05. The summed E-state index contributed by atoms with van der Waals surface area (Å²) in [4.78, 5) is 20.9. The number of halogens is 3. The molecule has 0 unspecified atom stereocenters. The zero-order chi connectivity index (χ0) is 13.7. The molecule has 1 amide bonds. The van der Waals surface area contributed by atoms with Gasteiger partial charge in [0.05, 0.1) is 16.6 Å². The Morgan fingerprint density at radius 2 is 2.11 bits per heavy atom. The normalized spacial score (nSPS) is 10.2. The van der Waals surface area contributed by atoms with Crippen molar-refractivity contribution in [1.29, 1.82) is 0 Å². The van der Waals surface area contributed by atoms with Crippen molar-refractivity contribution in [1.82, 2.24) is 5.32 Å². The summed E-state index contributed by atoms with van der Waals surface area (Å²) in [6.07, 6.45) is 0.451. The van der Waals surface area contributed by atoms with Crippen LogP contribution >= 0.6 is 11.6 Å². The molecule has 1 aromatic rings. The van der Waals surface area contributed by atoms with Gasteiger partial charge in [0.15, 0.2) is 0 Å². The first-order chi connectivity index (χ1) is 8.47. The van der Waals surface area contributed by atoms with E-state index in [0.717, 1.165) is 0 Å². The lowest BCUT2D eigenvalue weighted by Crippen LogP contribution is -2.26. The maximum absolute atomic E-state index is 13.6. The highest BCUT2D eigenvalue weighted by molar-refractivity contribution is 6.17. The average Bonchev–Trinajstić information content (AvgIpc) is 2.31. The topological polar surface area (TPSA) is 72.2 Å². The van der Waals surface area contributed by atoms with Crippen molar-refractivity contribution < 1.29 is 18.5 Å². The summed E-state index contributed by atoms with van der Waals surface area (Å²) in [5, 5.41) is 12.7. The van der Waals surface area contributed by atoms with Gasteiger partial charge in [-0.25, -0.2) is 4.39 Å². The molecule has 0 atom stereocenters. The summed E-state index contributed by atoms with van der Waals surface area (Å²) in [6, 6.07) is 1.03. The van der Waals surface area contributed by atoms with Gasteiger partial charge in [-0.1, -0.05) is 0 Å². The molecular formula is C10H9ClF2N2O3. The summed E-state index contributed by atoms with van der Waals surface area (Å²) in [5.74, 6) is -3.03. The van der Waals surface area contributed by atoms with E-state index in [1.54, 1.807) is 0 Å². The first-order valence-corrected chi connectivity index (χ1v) is 5.48. The summed E-state index contributed by atoms with van der Waals surface area (Å²) >= 11 is 5.38. The zero-order valence-electron chi connectivity index (χ0n) is 9.08. The number of nitrogens with one attached hydrogen (secondary N) is 1. The number of carbonyl (C=O) groups is 1. The van der Waals surface area contributed by atoms with Gasteiger partial charge in [0.2, 0.25) is 5.82 Å². The second kappa shape index (κ2) is 6.25. The number of nitrogens with zero attached hydrogens (tertiary/aromatic N) is 1. The zero-order valence-corrected chi connectivity index (χ0v) is 9.84. The maximum atomic E-state index is 13.6. The van der Waals surface area contributed by atoms with E-state index >= 15 is 0 Å². The first kappa shape index (κ1) is 14.3. The molecule has 18 heavy (non-hydrogen) atoms. The van der Waals surface area contributed by atoms with Crippen molar-refractivity contribution >= 4 is 23.2 Å². The highest BCUT2D eigenvalue weighted by Gasteiger charge is 2.23. The molecule has 0 aliphatic carbocycles. The molecule has 0 aliphatic rings. The number of hydrogen-bond acceptors (Lipinski definition) is 3. The molecule has 8 heteroatoms. The fraction of sp³-hybridized carbons (Fsp3) is 0.300. The van der Waals surface area contributed by atoms with Gasteiger partial charge in [-0.2, -0.15) is 4.39 Å². The highest BCUT2D eigenvalue weighted by atomic mass is 35.5. The van der Waals surface area contributed by atoms with Crippen molar-refractivity contribution in [3.63, 3.8) is 0 Å². The van der Waals surface area contributed by atoms with Crippen LogP contribution in [0.5, 0.6) is 0 Å². The summed E-state index contributed by atoms with van der Waals surface area (Å²) in [7, 11) is 0. The predicted molar refractivity (Wildman–Crippen MR) is 60.7 cm³/mol. The van der Waals surface area contributed by atoms with Crippen molar-refractivity contribution in [3.05, 3.63) is 39.4 Å². The quantitative estimate of drug-likeness (QED) is 0.388. The highest BCUT2D eigenvalue weighted by Crippen LogP contribution is 2.22. The summed E-state index contributed by atoms with van der Waals surface area (Å²) < 4.78 is 26.6. The first-order valence-electron chi connectivity index (χ1n) is 4.95. The molecule has 0 aromatic heterocycles. The van der Waals surface area contributed by atoms with Crippen molar-refractivity contribution in [2.45, 2.75) is 6.42 Å². The number of rotatable bonds is 5. The second-order valence-corrected chi connectivity index (χ2v) is 3.72. The van der Waals surface area contributed by atoms with Crippen LogP contribution in [0.15, 0.2) is 12.1 Å². The van der Waals surface area contributed by atoms with Crippen molar-refractivity contribution in [3.8, 4) is 0 Å². The Bertz CT molecular complexity index is 482. The maximum Gasteiger partial charge on any atom is 0.308 e. The van der Waals surface area contributed by atoms with Gasteiger partial charge < -0.3 is 5.32 Å². The van der Waals surface area contributed by atoms with E-state index in [1.165, 1.54) is 0 Å². The number of amides is 1. The molecule has 0 saturated heterocycles. The largest absolute Gasteiger partial charge is 0.352 e. The SMILES string of the molecule is O=C(NCCCCl)c1cc(F)cc([N+](=O)[O-])c1F. The number of hydrogen-bond donors (Lipinski definition) is 1. The molecule has 1 rings (SSSR count). The van der Waals surface area contributed by atoms with Crippen LogP contribution in [0.3, 0.4) is 0 Å². The average molecular weight is 279 g/mol. The molecular weight excluding hydrogens is 270 g/mol. The predicted octanol–water partition coefficient (Wildman–Crippen LogP) is 2.23. The van der Waals surface area contributed by atoms with E-state index in [-0.39, 0.29) is 6.54 Å². The summed E-state index contributed by atoms with van der Waals surface area (Å²) in [5.41, 5.74) is -1.77. The minimum Gasteiger partial charge on any atom is -0.352 e. The standard InChI is InChI=1S/C10H9ClF2N2O3/c11-2-1-3-14-10(16)7-4-6(12)5-8(9(7)13)15(17)18/h4-5H,1-3H2,(H,14,16). The minimum absolute atomic E-state index is 0.173. The molecule has 5 nitrogen and oxygen atoms in total. The van der Waals surface area contributed by atoms with E-state index in [0.29, 0.717) is 24.4 Å². The van der Waals surface area contributed by atoms with Crippen molar-refractivity contribution in [2.24, 2.45) is 0 Å². The molecule has 0 radical (unpaired) electrons. The third kappa shape index (κ3) is 3.36. The smallest absolute Gasteiger partial charge is 0.308 e. The fourth-order valence-corrected chi connectivity index (χ4v) is 1.37. The van der Waals surface area contributed by atoms with Crippen LogP contribution in [0, 0.1) is 21.7 Å². The molecule has 1 aromatic carbocycles. The monoisotopic (exact) mass is 278 g/mol. The number of alkyl halides is 1. The van der Waals surface area contributed by atoms with E-state index < -0.39 is 33.7 Å². The van der Waals surface area contributed by atoms with Crippen molar-refractivity contribution in [2.75, 3.05) is 12.4 Å². The lowest BCUT2D eigenvalue weighted by atomic mass is 10.1. The Hall–Kier alpha value is -1.76. The van der Waals surface area contributed by atoms with Gasteiger partial charge in [0.1, 0.15) is 5.82 Å². The molecule has 0 saturated carbocycles. The van der Waals surface area contributed by atoms with Crippen LogP contribution in [0.25, 0.3) is 0 Å². The molecule has 0 heterocycles. The molecule has 0 fully saturated rings. The van der Waals surface area contributed by atoms with Gasteiger partial charge in [0.25, 0.3) is 5.91 Å². The van der Waals surface area contributed by atoms with Crippen LogP contribution in [0.1, 0.15) is 16.8 Å². The van der Waals surface area contributed by atoms with E-state index in [9.17, 15) is 23.7 Å². The van der Waals surface area contributed by atoms with E-state index in [2.05, 4.69) is 5.32 Å². The van der Waals surface area contributed by atoms with Crippen LogP contribution in [-0.2, 0) is 0 Å². The van der Waals surface area contributed by atoms with Crippen LogP contribution in [0.2, 0.25) is 0 Å². The molecule has 0 spiro atoms. The van der Waals surface area contributed by atoms with E-state index in [4.69, 9.17) is 11.6 Å². The minimum atomic E-state index is -1.36. The third-order valence-electron chi connectivity index (χ3n) is 2.06. The van der Waals surface area contributed by atoms with Gasteiger partial charge in [-0.15, -0.1) is 11.6 Å². The number of nitro benzene ring substituents is 1. The third-order valence-corrected chi connectivity index (χ3v) is 2.32. The van der Waals surface area contributed by atoms with Gasteiger partial charge >= 0.3 is 5.69 Å². The Morgan fingerprint density at radius 3 is 2.67 bits per heavy atom. The van der Waals surface area contributed by atoms with Crippen LogP contribution in [-0.4, -0.2) is 23.3 Å². The Morgan fingerprint density at radius 1 is 1.44 bits per heavy atom. The van der Waals surface area contributed by atoms with E-state index in [1.807, 2.05) is 0 Å². The number of carbonyl (C=O) groups excluding carboxylic acids is 1. The fourth-order valence-electron chi connectivity index (χ4n) is 1.24. The van der Waals surface area contributed by atoms with Gasteiger partial charge in [-0.3, -0.25) is 14.9 Å². The van der Waals surface area contributed by atoms with Gasteiger partial charge in [-0.05, 0) is 12.5 Å². The Labute approximate surface area is 106 Å². The number of benzene rings is 1. The molecule has 98 valence electrons. The lowest BCUT2D eigenvalue weighted by molar-refractivity contribution is -0.387. The molecule has 0 bridgehead atoms. The summed E-state index contributed by atoms with van der Waals surface area (Å²) in [6.45, 7) is 0.173. The number of nitro groups is 1. The Kier molecular flexibility index (Phi) is 4.96. The Balaban J connectivity index is 3.01. The molecule has 1 N–H and O–H groups in total. The van der Waals surface area contributed by atoms with Crippen LogP contribution < -0.4 is 5.32 Å².